The molecule has 0 spiro atoms. The van der Waals surface area contributed by atoms with Crippen LogP contribution in [0.3, 0.4) is 0 Å². The number of furan rings is 1. The van der Waals surface area contributed by atoms with Gasteiger partial charge in [0.1, 0.15) is 5.76 Å². The molecule has 0 aliphatic rings. The lowest BCUT2D eigenvalue weighted by Crippen LogP contribution is -2.17. The maximum atomic E-state index is 6.36. The van der Waals surface area contributed by atoms with Crippen molar-refractivity contribution in [1.29, 1.82) is 0 Å². The van der Waals surface area contributed by atoms with Gasteiger partial charge in [-0.05, 0) is 44.2 Å². The van der Waals surface area contributed by atoms with Crippen LogP contribution in [-0.2, 0) is 0 Å². The maximum absolute atomic E-state index is 6.36. The van der Waals surface area contributed by atoms with Crippen molar-refractivity contribution in [3.63, 3.8) is 0 Å². The van der Waals surface area contributed by atoms with E-state index in [-0.39, 0.29) is 6.04 Å². The summed E-state index contributed by atoms with van der Waals surface area (Å²) >= 11 is 8.03. The van der Waals surface area contributed by atoms with Crippen molar-refractivity contribution in [2.45, 2.75) is 36.6 Å². The van der Waals surface area contributed by atoms with E-state index >= 15 is 0 Å². The van der Waals surface area contributed by atoms with Crippen molar-refractivity contribution < 1.29 is 4.42 Å². The molecule has 102 valence electrons. The number of hydrogen-bond donors (Lipinski definition) is 1. The van der Waals surface area contributed by atoms with E-state index < -0.39 is 0 Å². The van der Waals surface area contributed by atoms with Crippen LogP contribution in [0.15, 0.2) is 44.7 Å². The van der Waals surface area contributed by atoms with Crippen LogP contribution in [0.25, 0.3) is 0 Å². The Labute approximate surface area is 123 Å². The highest BCUT2D eigenvalue weighted by atomic mass is 35.5. The molecule has 1 aromatic carbocycles. The molecular weight excluding hydrogens is 278 g/mol. The van der Waals surface area contributed by atoms with Crippen molar-refractivity contribution >= 4 is 23.4 Å². The third kappa shape index (κ3) is 3.56. The highest BCUT2D eigenvalue weighted by molar-refractivity contribution is 7.99. The van der Waals surface area contributed by atoms with Gasteiger partial charge in [0, 0.05) is 16.0 Å². The molecule has 0 radical (unpaired) electrons. The monoisotopic (exact) mass is 295 g/mol. The Balaban J connectivity index is 2.17. The Morgan fingerprint density at radius 2 is 2.16 bits per heavy atom. The molecule has 2 aromatic rings. The van der Waals surface area contributed by atoms with Gasteiger partial charge in [0.05, 0.1) is 11.2 Å². The summed E-state index contributed by atoms with van der Waals surface area (Å²) in [4.78, 5) is 2.26. The predicted octanol–water partition coefficient (Wildman–Crippen LogP) is 5.06. The van der Waals surface area contributed by atoms with Crippen molar-refractivity contribution in [3.05, 3.63) is 46.9 Å². The molecule has 2 rings (SSSR count). The molecule has 2 nitrogen and oxygen atoms in total. The summed E-state index contributed by atoms with van der Waals surface area (Å²) in [5, 5.41) is 4.18. The predicted molar refractivity (Wildman–Crippen MR) is 81.1 cm³/mol. The molecule has 4 heteroatoms. The number of rotatable bonds is 5. The Morgan fingerprint density at radius 1 is 1.37 bits per heavy atom. The first-order valence-corrected chi connectivity index (χ1v) is 7.56. The van der Waals surface area contributed by atoms with Crippen LogP contribution in [0.1, 0.15) is 31.2 Å². The number of benzene rings is 1. The molecule has 0 amide bonds. The molecule has 0 aliphatic heterocycles. The van der Waals surface area contributed by atoms with Gasteiger partial charge in [-0.25, -0.2) is 0 Å². The van der Waals surface area contributed by atoms with Crippen molar-refractivity contribution in [2.24, 2.45) is 0 Å². The van der Waals surface area contributed by atoms with Gasteiger partial charge in [0.25, 0.3) is 0 Å². The summed E-state index contributed by atoms with van der Waals surface area (Å²) in [6.45, 7) is 7.11. The lowest BCUT2D eigenvalue weighted by Gasteiger charge is -2.15. The summed E-state index contributed by atoms with van der Waals surface area (Å²) < 4.78 is 5.30. The minimum Gasteiger partial charge on any atom is -0.468 e. The maximum Gasteiger partial charge on any atom is 0.114 e. The minimum atomic E-state index is 0.271. The molecule has 0 fully saturated rings. The fourth-order valence-corrected chi connectivity index (χ4v) is 3.24. The van der Waals surface area contributed by atoms with Crippen molar-refractivity contribution in [3.8, 4) is 0 Å². The van der Waals surface area contributed by atoms with Gasteiger partial charge >= 0.3 is 0 Å². The van der Waals surface area contributed by atoms with Crippen LogP contribution in [0.4, 0.5) is 0 Å². The highest BCUT2D eigenvalue weighted by Gasteiger charge is 2.10. The number of halogens is 1. The lowest BCUT2D eigenvalue weighted by atomic mass is 10.1. The van der Waals surface area contributed by atoms with Crippen molar-refractivity contribution in [2.75, 3.05) is 6.54 Å². The summed E-state index contributed by atoms with van der Waals surface area (Å²) in [7, 11) is 0. The second-order valence-corrected chi connectivity index (χ2v) is 5.93. The zero-order valence-electron chi connectivity index (χ0n) is 11.4. The third-order valence-corrected chi connectivity index (χ3v) is 4.45. The first-order chi connectivity index (χ1) is 9.11. The van der Waals surface area contributed by atoms with E-state index in [1.165, 1.54) is 0 Å². The Kier molecular flexibility index (Phi) is 4.97. The quantitative estimate of drug-likeness (QED) is 0.834. The minimum absolute atomic E-state index is 0.271. The third-order valence-electron chi connectivity index (χ3n) is 2.99. The van der Waals surface area contributed by atoms with E-state index in [1.54, 1.807) is 18.0 Å². The second kappa shape index (κ2) is 6.51. The zero-order chi connectivity index (χ0) is 13.8. The van der Waals surface area contributed by atoms with Crippen LogP contribution in [0, 0.1) is 6.92 Å². The molecule has 1 aromatic heterocycles. The number of hydrogen-bond acceptors (Lipinski definition) is 3. The summed E-state index contributed by atoms with van der Waals surface area (Å²) in [6, 6.07) is 8.46. The molecule has 0 aliphatic carbocycles. The van der Waals surface area contributed by atoms with E-state index in [1.807, 2.05) is 19.1 Å². The fraction of sp³-hybridized carbons (Fsp3) is 0.333. The van der Waals surface area contributed by atoms with Crippen LogP contribution < -0.4 is 5.32 Å². The van der Waals surface area contributed by atoms with E-state index in [0.29, 0.717) is 0 Å². The van der Waals surface area contributed by atoms with Gasteiger partial charge < -0.3 is 9.73 Å². The summed E-state index contributed by atoms with van der Waals surface area (Å²) in [5.74, 6) is 0.936. The standard InChI is InChI=1S/C15H18ClNOS/c1-4-17-10(2)13-6-5-12(9-14(13)16)19-15-7-8-18-11(15)3/h5-10,17H,4H2,1-3H3. The van der Waals surface area contributed by atoms with Gasteiger partial charge in [0.15, 0.2) is 0 Å². The van der Waals surface area contributed by atoms with Crippen LogP contribution in [-0.4, -0.2) is 6.54 Å². The molecule has 19 heavy (non-hydrogen) atoms. The van der Waals surface area contributed by atoms with Gasteiger partial charge in [-0.15, -0.1) is 0 Å². The largest absolute Gasteiger partial charge is 0.468 e. The fourth-order valence-electron chi connectivity index (χ4n) is 1.94. The molecule has 1 heterocycles. The zero-order valence-corrected chi connectivity index (χ0v) is 12.9. The molecule has 1 atom stereocenters. The molecule has 1 N–H and O–H groups in total. The van der Waals surface area contributed by atoms with E-state index in [0.717, 1.165) is 32.7 Å². The highest BCUT2D eigenvalue weighted by Crippen LogP contribution is 2.34. The van der Waals surface area contributed by atoms with Gasteiger partial charge in [-0.3, -0.25) is 0 Å². The molecule has 0 saturated heterocycles. The smallest absolute Gasteiger partial charge is 0.114 e. The van der Waals surface area contributed by atoms with E-state index in [4.69, 9.17) is 16.0 Å². The number of aryl methyl sites for hydroxylation is 1. The van der Waals surface area contributed by atoms with Gasteiger partial charge in [0.2, 0.25) is 0 Å². The van der Waals surface area contributed by atoms with Gasteiger partial charge in [-0.2, -0.15) is 0 Å². The molecule has 0 saturated carbocycles. The Bertz CT molecular complexity index is 553. The average molecular weight is 296 g/mol. The van der Waals surface area contributed by atoms with E-state index in [9.17, 15) is 0 Å². The topological polar surface area (TPSA) is 25.2 Å². The lowest BCUT2D eigenvalue weighted by molar-refractivity contribution is 0.527. The SMILES string of the molecule is CCNC(C)c1ccc(Sc2ccoc2C)cc1Cl. The normalized spacial score (nSPS) is 12.6. The van der Waals surface area contributed by atoms with Crippen LogP contribution >= 0.6 is 23.4 Å². The molecule has 0 bridgehead atoms. The number of nitrogens with one attached hydrogen (secondary N) is 1. The van der Waals surface area contributed by atoms with Gasteiger partial charge in [-0.1, -0.05) is 36.4 Å². The van der Waals surface area contributed by atoms with Crippen LogP contribution in [0.2, 0.25) is 5.02 Å². The second-order valence-electron chi connectivity index (χ2n) is 4.41. The average Bonchev–Trinajstić information content (AvgIpc) is 2.75. The van der Waals surface area contributed by atoms with Crippen molar-refractivity contribution in [1.82, 2.24) is 5.32 Å². The summed E-state index contributed by atoms with van der Waals surface area (Å²) in [5.41, 5.74) is 1.14. The summed E-state index contributed by atoms with van der Waals surface area (Å²) in [6.07, 6.45) is 1.71. The molecule has 1 unspecified atom stereocenters. The first-order valence-electron chi connectivity index (χ1n) is 6.36. The van der Waals surface area contributed by atoms with Crippen LogP contribution in [0.5, 0.6) is 0 Å². The Morgan fingerprint density at radius 3 is 2.74 bits per heavy atom. The van der Waals surface area contributed by atoms with E-state index in [2.05, 4.69) is 31.3 Å². The first kappa shape index (κ1) is 14.5. The Hall–Kier alpha value is -0.900. The molecular formula is C15H18ClNOS.